The topological polar surface area (TPSA) is 43.6 Å². The molecule has 0 saturated heterocycles. The number of methoxy groups -OCH3 is 1. The van der Waals surface area contributed by atoms with Crippen LogP contribution in [0.3, 0.4) is 0 Å². The van der Waals surface area contributed by atoms with Crippen LogP contribution in [0.5, 0.6) is 0 Å². The molecule has 80 valence electrons. The standard InChI is InChI=1S/C10H12N2O2S/c1-7-5-11-10-12(7)8(6-15-10)3-4-9(13)14-2/h5-6H,3-4H2,1-2H3. The van der Waals surface area contributed by atoms with E-state index < -0.39 is 0 Å². The summed E-state index contributed by atoms with van der Waals surface area (Å²) in [6.45, 7) is 2.01. The minimum atomic E-state index is -0.174. The molecule has 0 bridgehead atoms. The molecule has 0 atom stereocenters. The minimum absolute atomic E-state index is 0.174. The summed E-state index contributed by atoms with van der Waals surface area (Å²) in [6, 6.07) is 0. The van der Waals surface area contributed by atoms with Crippen LogP contribution in [-0.2, 0) is 16.0 Å². The number of hydrogen-bond donors (Lipinski definition) is 0. The molecule has 0 aliphatic heterocycles. The third-order valence-electron chi connectivity index (χ3n) is 2.31. The number of carbonyl (C=O) groups excluding carboxylic acids is 1. The number of nitrogens with zero attached hydrogens (tertiary/aromatic N) is 2. The van der Waals surface area contributed by atoms with Gasteiger partial charge >= 0.3 is 5.97 Å². The molecule has 0 unspecified atom stereocenters. The van der Waals surface area contributed by atoms with Crippen molar-refractivity contribution < 1.29 is 9.53 Å². The first-order valence-electron chi connectivity index (χ1n) is 4.69. The molecule has 0 aromatic carbocycles. The maximum absolute atomic E-state index is 11.0. The highest BCUT2D eigenvalue weighted by atomic mass is 32.1. The van der Waals surface area contributed by atoms with Crippen molar-refractivity contribution in [3.63, 3.8) is 0 Å². The molecular weight excluding hydrogens is 212 g/mol. The van der Waals surface area contributed by atoms with Crippen molar-refractivity contribution in [2.24, 2.45) is 0 Å². The Kier molecular flexibility index (Phi) is 2.73. The van der Waals surface area contributed by atoms with E-state index in [1.807, 2.05) is 18.5 Å². The summed E-state index contributed by atoms with van der Waals surface area (Å²) in [5.74, 6) is -0.174. The second-order valence-electron chi connectivity index (χ2n) is 3.32. The van der Waals surface area contributed by atoms with Gasteiger partial charge in [-0.25, -0.2) is 4.98 Å². The predicted molar refractivity (Wildman–Crippen MR) is 58.1 cm³/mol. The van der Waals surface area contributed by atoms with E-state index in [1.54, 1.807) is 11.3 Å². The molecule has 15 heavy (non-hydrogen) atoms. The SMILES string of the molecule is COC(=O)CCc1csc2ncc(C)n12. The fraction of sp³-hybridized carbons (Fsp3) is 0.400. The van der Waals surface area contributed by atoms with Crippen LogP contribution in [0, 0.1) is 6.92 Å². The first-order valence-corrected chi connectivity index (χ1v) is 5.57. The maximum atomic E-state index is 11.0. The summed E-state index contributed by atoms with van der Waals surface area (Å²) < 4.78 is 6.69. The van der Waals surface area contributed by atoms with Gasteiger partial charge in [-0.1, -0.05) is 0 Å². The fourth-order valence-electron chi connectivity index (χ4n) is 1.52. The van der Waals surface area contributed by atoms with E-state index in [0.717, 1.165) is 16.3 Å². The molecule has 0 fully saturated rings. The molecule has 4 nitrogen and oxygen atoms in total. The number of aryl methyl sites for hydroxylation is 2. The molecule has 0 N–H and O–H groups in total. The number of esters is 1. The van der Waals surface area contributed by atoms with E-state index >= 15 is 0 Å². The monoisotopic (exact) mass is 224 g/mol. The quantitative estimate of drug-likeness (QED) is 0.747. The molecule has 2 heterocycles. The highest BCUT2D eigenvalue weighted by molar-refractivity contribution is 7.15. The van der Waals surface area contributed by atoms with Gasteiger partial charge in [-0.3, -0.25) is 9.20 Å². The molecule has 0 aliphatic rings. The zero-order valence-corrected chi connectivity index (χ0v) is 9.50. The molecule has 5 heteroatoms. The minimum Gasteiger partial charge on any atom is -0.469 e. The van der Waals surface area contributed by atoms with Gasteiger partial charge in [-0.05, 0) is 13.3 Å². The van der Waals surface area contributed by atoms with Gasteiger partial charge in [0.2, 0.25) is 0 Å². The highest BCUT2D eigenvalue weighted by Crippen LogP contribution is 2.18. The lowest BCUT2D eigenvalue weighted by atomic mass is 10.2. The molecule has 0 saturated carbocycles. The molecule has 0 radical (unpaired) electrons. The number of aromatic nitrogens is 2. The van der Waals surface area contributed by atoms with Gasteiger partial charge in [0.25, 0.3) is 0 Å². The molecule has 2 rings (SSSR count). The zero-order valence-electron chi connectivity index (χ0n) is 8.69. The van der Waals surface area contributed by atoms with Crippen LogP contribution in [0.25, 0.3) is 4.96 Å². The van der Waals surface area contributed by atoms with Crippen molar-refractivity contribution in [3.05, 3.63) is 23.0 Å². The predicted octanol–water partition coefficient (Wildman–Crippen LogP) is 1.81. The Morgan fingerprint density at radius 3 is 3.20 bits per heavy atom. The van der Waals surface area contributed by atoms with Crippen LogP contribution < -0.4 is 0 Å². The molecule has 0 spiro atoms. The van der Waals surface area contributed by atoms with Crippen LogP contribution in [0.4, 0.5) is 0 Å². The van der Waals surface area contributed by atoms with Crippen molar-refractivity contribution in [2.45, 2.75) is 19.8 Å². The summed E-state index contributed by atoms with van der Waals surface area (Å²) in [6.07, 6.45) is 2.96. The summed E-state index contributed by atoms with van der Waals surface area (Å²) >= 11 is 1.59. The van der Waals surface area contributed by atoms with E-state index in [-0.39, 0.29) is 5.97 Å². The number of fused-ring (bicyclic) bond motifs is 1. The second kappa shape index (κ2) is 4.02. The number of rotatable bonds is 3. The third kappa shape index (κ3) is 1.87. The summed E-state index contributed by atoms with van der Waals surface area (Å²) in [7, 11) is 1.41. The average Bonchev–Trinajstić information content (AvgIpc) is 2.79. The first-order chi connectivity index (χ1) is 7.22. The van der Waals surface area contributed by atoms with Gasteiger partial charge < -0.3 is 4.74 Å². The Morgan fingerprint density at radius 1 is 1.67 bits per heavy atom. The summed E-state index contributed by atoms with van der Waals surface area (Å²) in [4.78, 5) is 16.3. The normalized spacial score (nSPS) is 10.8. The number of thiazole rings is 1. The maximum Gasteiger partial charge on any atom is 0.305 e. The first kappa shape index (κ1) is 10.2. The number of ether oxygens (including phenoxy) is 1. The Labute approximate surface area is 91.5 Å². The molecule has 2 aromatic heterocycles. The van der Waals surface area contributed by atoms with Crippen LogP contribution in [-0.4, -0.2) is 22.5 Å². The molecule has 2 aromatic rings. The van der Waals surface area contributed by atoms with Gasteiger partial charge in [0.15, 0.2) is 4.96 Å². The van der Waals surface area contributed by atoms with E-state index in [2.05, 4.69) is 14.1 Å². The smallest absolute Gasteiger partial charge is 0.305 e. The van der Waals surface area contributed by atoms with Crippen molar-refractivity contribution in [1.29, 1.82) is 0 Å². The van der Waals surface area contributed by atoms with Crippen LogP contribution in [0.15, 0.2) is 11.6 Å². The van der Waals surface area contributed by atoms with Gasteiger partial charge in [0.1, 0.15) is 0 Å². The van der Waals surface area contributed by atoms with Gasteiger partial charge in [-0.15, -0.1) is 11.3 Å². The fourth-order valence-corrected chi connectivity index (χ4v) is 2.47. The molecule has 0 aliphatic carbocycles. The lowest BCUT2D eigenvalue weighted by Crippen LogP contribution is -2.03. The van der Waals surface area contributed by atoms with Gasteiger partial charge in [-0.2, -0.15) is 0 Å². The number of carbonyl (C=O) groups is 1. The van der Waals surface area contributed by atoms with Crippen LogP contribution in [0.1, 0.15) is 17.8 Å². The zero-order chi connectivity index (χ0) is 10.8. The lowest BCUT2D eigenvalue weighted by Gasteiger charge is -2.00. The Balaban J connectivity index is 2.20. The van der Waals surface area contributed by atoms with Crippen LogP contribution in [0.2, 0.25) is 0 Å². The van der Waals surface area contributed by atoms with Crippen molar-refractivity contribution in [3.8, 4) is 0 Å². The van der Waals surface area contributed by atoms with Crippen molar-refractivity contribution in [1.82, 2.24) is 9.38 Å². The molecular formula is C10H12N2O2S. The van der Waals surface area contributed by atoms with Gasteiger partial charge in [0.05, 0.1) is 13.5 Å². The largest absolute Gasteiger partial charge is 0.469 e. The number of hydrogen-bond acceptors (Lipinski definition) is 4. The van der Waals surface area contributed by atoms with E-state index in [1.165, 1.54) is 7.11 Å². The highest BCUT2D eigenvalue weighted by Gasteiger charge is 2.09. The third-order valence-corrected chi connectivity index (χ3v) is 3.20. The van der Waals surface area contributed by atoms with Crippen molar-refractivity contribution >= 4 is 22.3 Å². The molecule has 0 amide bonds. The van der Waals surface area contributed by atoms with E-state index in [4.69, 9.17) is 0 Å². The Hall–Kier alpha value is -1.36. The van der Waals surface area contributed by atoms with Crippen molar-refractivity contribution in [2.75, 3.05) is 7.11 Å². The van der Waals surface area contributed by atoms with E-state index in [0.29, 0.717) is 12.8 Å². The lowest BCUT2D eigenvalue weighted by molar-refractivity contribution is -0.140. The second-order valence-corrected chi connectivity index (χ2v) is 4.16. The summed E-state index contributed by atoms with van der Waals surface area (Å²) in [5, 5.41) is 2.04. The van der Waals surface area contributed by atoms with Crippen LogP contribution >= 0.6 is 11.3 Å². The van der Waals surface area contributed by atoms with Gasteiger partial charge in [0, 0.05) is 23.0 Å². The average molecular weight is 224 g/mol. The van der Waals surface area contributed by atoms with E-state index in [9.17, 15) is 4.79 Å². The number of imidazole rings is 1. The Bertz CT molecular complexity index is 487. The Morgan fingerprint density at radius 2 is 2.47 bits per heavy atom. The summed E-state index contributed by atoms with van der Waals surface area (Å²) in [5.41, 5.74) is 2.22.